The second-order valence-corrected chi connectivity index (χ2v) is 20.0. The fourth-order valence-corrected chi connectivity index (χ4v) is 12.1. The van der Waals surface area contributed by atoms with Crippen molar-refractivity contribution in [1.82, 2.24) is 9.13 Å². The highest BCUT2D eigenvalue weighted by Crippen LogP contribution is 2.58. The van der Waals surface area contributed by atoms with Crippen molar-refractivity contribution in [1.29, 1.82) is 0 Å². The zero-order chi connectivity index (χ0) is 34.2. The van der Waals surface area contributed by atoms with Gasteiger partial charge in [-0.05, 0) is 76.8 Å². The molecular formula is C39H51Cl3N2P2. The normalized spacial score (nSPS) is 13.1. The third-order valence-corrected chi connectivity index (χ3v) is 14.1. The Morgan fingerprint density at radius 1 is 0.478 bits per heavy atom. The van der Waals surface area contributed by atoms with E-state index < -0.39 is 6.96 Å². The smallest absolute Gasteiger partial charge is 0.153 e. The zero-order valence-electron chi connectivity index (χ0n) is 29.6. The van der Waals surface area contributed by atoms with Gasteiger partial charge in [0.2, 0.25) is 0 Å². The molecule has 0 amide bonds. The molecule has 0 fully saturated rings. The molecule has 7 heteroatoms. The molecule has 248 valence electrons. The van der Waals surface area contributed by atoms with Crippen LogP contribution in [0, 0.1) is 5.20 Å². The van der Waals surface area contributed by atoms with Crippen LogP contribution in [0.25, 0.3) is 11.4 Å². The van der Waals surface area contributed by atoms with E-state index in [0.717, 1.165) is 24.5 Å². The lowest BCUT2D eigenvalue weighted by Gasteiger charge is -2.24. The summed E-state index contributed by atoms with van der Waals surface area (Å²) in [6.07, 6.45) is 0. The molecule has 0 bridgehead atoms. The summed E-state index contributed by atoms with van der Waals surface area (Å²) in [5, 5.41) is 3.32. The average Bonchev–Trinajstić information content (AvgIpc) is 3.23. The number of hydrogen-bond acceptors (Lipinski definition) is 0. The summed E-state index contributed by atoms with van der Waals surface area (Å²) < 4.78 is 4.48. The van der Waals surface area contributed by atoms with Gasteiger partial charge >= 0.3 is 0 Å². The van der Waals surface area contributed by atoms with E-state index in [0.29, 0.717) is 22.1 Å². The first-order valence-corrected chi connectivity index (χ1v) is 21.3. The van der Waals surface area contributed by atoms with Gasteiger partial charge in [0.1, 0.15) is 0 Å². The van der Waals surface area contributed by atoms with Gasteiger partial charge in [-0.25, -0.2) is 0 Å². The molecule has 46 heavy (non-hydrogen) atoms. The van der Waals surface area contributed by atoms with E-state index in [9.17, 15) is 0 Å². The van der Waals surface area contributed by atoms with Gasteiger partial charge in [0.25, 0.3) is 0 Å². The predicted molar refractivity (Wildman–Crippen MR) is 209 cm³/mol. The number of halogens is 3. The molecule has 1 heterocycles. The Balaban J connectivity index is 2.31. The van der Waals surface area contributed by atoms with Gasteiger partial charge in [-0.1, -0.05) is 172 Å². The van der Waals surface area contributed by atoms with Crippen LogP contribution < -0.4 is 5.30 Å². The first-order valence-electron chi connectivity index (χ1n) is 16.7. The number of hydrogen-bond donors (Lipinski definition) is 0. The summed E-state index contributed by atoms with van der Waals surface area (Å²) in [5.41, 5.74) is 9.85. The summed E-state index contributed by atoms with van der Waals surface area (Å²) in [5.74, 6) is 1.83. The molecule has 2 nitrogen and oxygen atoms in total. The van der Waals surface area contributed by atoms with Crippen molar-refractivity contribution in [2.45, 2.75) is 119 Å². The van der Waals surface area contributed by atoms with Crippen LogP contribution in [0.1, 0.15) is 152 Å². The minimum atomic E-state index is -1.19. The van der Waals surface area contributed by atoms with Gasteiger partial charge in [0.05, 0.1) is 18.3 Å². The lowest BCUT2D eigenvalue weighted by atomic mass is 9.92. The number of imidazole rings is 1. The average molecular weight is 716 g/mol. The highest BCUT2D eigenvalue weighted by molar-refractivity contribution is 8.34. The van der Waals surface area contributed by atoms with Crippen molar-refractivity contribution in [3.05, 3.63) is 103 Å². The molecule has 0 aliphatic carbocycles. The summed E-state index contributed by atoms with van der Waals surface area (Å²) in [4.78, 5) is 0. The maximum Gasteiger partial charge on any atom is 0.153 e. The summed E-state index contributed by atoms with van der Waals surface area (Å²) in [6, 6.07) is 20.0. The molecule has 0 saturated carbocycles. The van der Waals surface area contributed by atoms with Crippen LogP contribution in [0.2, 0.25) is 10.3 Å². The van der Waals surface area contributed by atoms with Crippen LogP contribution in [0.4, 0.5) is 0 Å². The molecule has 1 aromatic heterocycles. The Kier molecular flexibility index (Phi) is 12.4. The second-order valence-electron chi connectivity index (χ2n) is 14.2. The third kappa shape index (κ3) is 7.24. The van der Waals surface area contributed by atoms with Crippen LogP contribution >= 0.6 is 49.3 Å². The molecule has 0 saturated heterocycles. The molecule has 1 atom stereocenters. The maximum atomic E-state index is 7.77. The standard InChI is InChI=1S/C39H51Cl3N2P2/c1-22(2)28-16-13-17-29(23(3)4)34(28)43-37(40)38(41)44(35-30(24(5)6)18-14-19-31(35)25(7)8)39(43)45-46(42)36-32(26(9)10)20-15-21-33(36)27(11)12/h13-27H,1-12H3/t46-/m1/s1. The largest absolute Gasteiger partial charge is 0.279 e. The van der Waals surface area contributed by atoms with E-state index in [-0.39, 0.29) is 23.7 Å². The van der Waals surface area contributed by atoms with E-state index in [1.165, 1.54) is 38.7 Å². The monoisotopic (exact) mass is 714 g/mol. The topological polar surface area (TPSA) is 9.86 Å². The molecule has 0 unspecified atom stereocenters. The van der Waals surface area contributed by atoms with E-state index >= 15 is 0 Å². The maximum absolute atomic E-state index is 7.77. The number of para-hydroxylation sites is 2. The van der Waals surface area contributed by atoms with Crippen molar-refractivity contribution in [2.75, 3.05) is 0 Å². The van der Waals surface area contributed by atoms with E-state index in [1.54, 1.807) is 0 Å². The van der Waals surface area contributed by atoms with Crippen LogP contribution in [0.5, 0.6) is 0 Å². The highest BCUT2D eigenvalue weighted by atomic mass is 35.7. The quantitative estimate of drug-likeness (QED) is 0.145. The van der Waals surface area contributed by atoms with Gasteiger partial charge in [-0.2, -0.15) is 0 Å². The first-order chi connectivity index (χ1) is 21.6. The Bertz CT molecular complexity index is 1590. The van der Waals surface area contributed by atoms with Crippen molar-refractivity contribution in [2.24, 2.45) is 0 Å². The Morgan fingerprint density at radius 3 is 1.00 bits per heavy atom. The van der Waals surface area contributed by atoms with Crippen molar-refractivity contribution in [3.63, 3.8) is 0 Å². The highest BCUT2D eigenvalue weighted by Gasteiger charge is 2.28. The molecule has 0 aliphatic rings. The minimum absolute atomic E-state index is 0.282. The molecule has 0 N–H and O–H groups in total. The van der Waals surface area contributed by atoms with Crippen molar-refractivity contribution < 1.29 is 0 Å². The lowest BCUT2D eigenvalue weighted by molar-refractivity contribution is 0.785. The SMILES string of the molecule is CC(C)c1cccc(C(C)C)c1-n1c(Cl)c(Cl)n(-c2c(C(C)C)cccc2C(C)C)c1=P[P@@](Cl)c1c(C(C)C)cccc1C(C)C. The van der Waals surface area contributed by atoms with Crippen LogP contribution in [0.3, 0.4) is 0 Å². The zero-order valence-corrected chi connectivity index (χ0v) is 33.6. The summed E-state index contributed by atoms with van der Waals surface area (Å²) >= 11 is 22.7. The Hall–Kier alpha value is -1.53. The fourth-order valence-electron chi connectivity index (χ4n) is 6.34. The molecule has 3 aromatic carbocycles. The Labute approximate surface area is 295 Å². The van der Waals surface area contributed by atoms with Gasteiger partial charge in [0.15, 0.2) is 15.5 Å². The van der Waals surface area contributed by atoms with Crippen LogP contribution in [0.15, 0.2) is 54.6 Å². The van der Waals surface area contributed by atoms with Crippen LogP contribution in [-0.4, -0.2) is 9.13 Å². The van der Waals surface area contributed by atoms with Gasteiger partial charge in [-0.3, -0.25) is 9.13 Å². The first kappa shape index (κ1) is 37.3. The fraction of sp³-hybridized carbons (Fsp3) is 0.462. The number of nitrogens with zero attached hydrogens (tertiary/aromatic N) is 2. The molecule has 4 rings (SSSR count). The Morgan fingerprint density at radius 2 is 0.739 bits per heavy atom. The van der Waals surface area contributed by atoms with E-state index in [1.807, 2.05) is 0 Å². The number of benzene rings is 3. The number of aromatic nitrogens is 2. The second kappa shape index (κ2) is 15.3. The molecule has 0 aliphatic heterocycles. The van der Waals surface area contributed by atoms with E-state index in [4.69, 9.17) is 34.4 Å². The molecule has 0 spiro atoms. The summed E-state index contributed by atoms with van der Waals surface area (Å²) in [7, 11) is 0.977. The lowest BCUT2D eigenvalue weighted by Crippen LogP contribution is -2.14. The predicted octanol–water partition coefficient (Wildman–Crippen LogP) is 14.7. The molecule has 0 radical (unpaired) electrons. The van der Waals surface area contributed by atoms with E-state index in [2.05, 4.69) is 147 Å². The van der Waals surface area contributed by atoms with Gasteiger partial charge in [0, 0.05) is 5.30 Å². The third-order valence-electron chi connectivity index (χ3n) is 8.80. The van der Waals surface area contributed by atoms with Crippen molar-refractivity contribution >= 4 is 54.6 Å². The number of rotatable bonds is 10. The summed E-state index contributed by atoms with van der Waals surface area (Å²) in [6.45, 7) is 25.9. The molecule has 4 aromatic rings. The van der Waals surface area contributed by atoms with Crippen molar-refractivity contribution in [3.8, 4) is 11.4 Å². The minimum Gasteiger partial charge on any atom is -0.279 e. The molecular weight excluding hydrogens is 665 g/mol. The van der Waals surface area contributed by atoms with Gasteiger partial charge in [-0.15, -0.1) is 0 Å². The van der Waals surface area contributed by atoms with Crippen LogP contribution in [-0.2, 0) is 0 Å². The van der Waals surface area contributed by atoms with Gasteiger partial charge < -0.3 is 0 Å².